The number of benzene rings is 1. The fourth-order valence-corrected chi connectivity index (χ4v) is 3.20. The van der Waals surface area contributed by atoms with Crippen LogP contribution in [0.5, 0.6) is 0 Å². The van der Waals surface area contributed by atoms with E-state index in [1.54, 1.807) is 6.92 Å². The quantitative estimate of drug-likeness (QED) is 0.510. The van der Waals surface area contributed by atoms with E-state index in [1.165, 1.54) is 11.8 Å². The molecule has 0 saturated heterocycles. The number of hydrogen-bond donors (Lipinski definition) is 2. The Labute approximate surface area is 136 Å². The Hall–Kier alpha value is -1.33. The van der Waals surface area contributed by atoms with Crippen molar-refractivity contribution in [3.63, 3.8) is 0 Å². The van der Waals surface area contributed by atoms with Gasteiger partial charge in [0.25, 0.3) is 0 Å². The molecule has 0 fully saturated rings. The van der Waals surface area contributed by atoms with E-state index in [9.17, 15) is 9.59 Å². The van der Waals surface area contributed by atoms with Gasteiger partial charge in [-0.05, 0) is 24.4 Å². The topological polar surface area (TPSA) is 66.4 Å². The number of thioether (sulfide) groups is 1. The zero-order valence-electron chi connectivity index (χ0n) is 13.4. The number of carbonyl (C=O) groups is 2. The van der Waals surface area contributed by atoms with Gasteiger partial charge >= 0.3 is 5.97 Å². The second-order valence-electron chi connectivity index (χ2n) is 5.79. The summed E-state index contributed by atoms with van der Waals surface area (Å²) in [5.41, 5.74) is 1.06. The van der Waals surface area contributed by atoms with Crippen LogP contribution in [0.4, 0.5) is 0 Å². The number of carbonyl (C=O) groups excluding carboxylic acids is 1. The molecular weight excluding hydrogens is 298 g/mol. The van der Waals surface area contributed by atoms with Gasteiger partial charge in [-0.1, -0.05) is 51.1 Å². The van der Waals surface area contributed by atoms with E-state index in [1.807, 2.05) is 30.3 Å². The molecule has 5 heteroatoms. The van der Waals surface area contributed by atoms with Crippen LogP contribution in [-0.2, 0) is 9.59 Å². The van der Waals surface area contributed by atoms with E-state index in [0.717, 1.165) is 24.8 Å². The summed E-state index contributed by atoms with van der Waals surface area (Å²) in [4.78, 5) is 22.4. The molecule has 122 valence electrons. The van der Waals surface area contributed by atoms with Crippen LogP contribution >= 0.6 is 11.8 Å². The van der Waals surface area contributed by atoms with E-state index >= 15 is 0 Å². The van der Waals surface area contributed by atoms with Gasteiger partial charge in [0, 0.05) is 0 Å². The summed E-state index contributed by atoms with van der Waals surface area (Å²) in [5.74, 6) is -1.06. The highest BCUT2D eigenvalue weighted by atomic mass is 32.2. The molecular formula is C17H25NO3S. The summed E-state index contributed by atoms with van der Waals surface area (Å²) in [6, 6.07) is 9.82. The monoisotopic (exact) mass is 323 g/mol. The first-order valence-electron chi connectivity index (χ1n) is 7.57. The average Bonchev–Trinajstić information content (AvgIpc) is 2.50. The largest absolute Gasteiger partial charge is 0.481 e. The molecule has 3 unspecified atom stereocenters. The van der Waals surface area contributed by atoms with E-state index in [-0.39, 0.29) is 5.37 Å². The van der Waals surface area contributed by atoms with Crippen LogP contribution in [0.2, 0.25) is 0 Å². The molecule has 0 aliphatic carbocycles. The van der Waals surface area contributed by atoms with Gasteiger partial charge in [0.05, 0.1) is 16.5 Å². The maximum atomic E-state index is 11.3. The lowest BCUT2D eigenvalue weighted by Crippen LogP contribution is -2.29. The maximum absolute atomic E-state index is 11.3. The van der Waals surface area contributed by atoms with Crippen molar-refractivity contribution in [2.45, 2.75) is 37.8 Å². The highest BCUT2D eigenvalue weighted by Crippen LogP contribution is 2.32. The molecule has 0 spiro atoms. The number of aldehydes is 1. The summed E-state index contributed by atoms with van der Waals surface area (Å²) in [6.45, 7) is 6.72. The molecule has 3 atom stereocenters. The number of rotatable bonds is 10. The molecule has 0 amide bonds. The number of hydrogen-bond acceptors (Lipinski definition) is 4. The van der Waals surface area contributed by atoms with Gasteiger partial charge < -0.3 is 15.2 Å². The molecule has 4 nitrogen and oxygen atoms in total. The second-order valence-corrected chi connectivity index (χ2v) is 7.08. The zero-order chi connectivity index (χ0) is 16.5. The summed E-state index contributed by atoms with van der Waals surface area (Å²) >= 11 is 1.37. The molecule has 2 N–H and O–H groups in total. The minimum absolute atomic E-state index is 0.0862. The normalized spacial score (nSPS) is 15.3. The van der Waals surface area contributed by atoms with Crippen molar-refractivity contribution in [1.29, 1.82) is 0 Å². The van der Waals surface area contributed by atoms with Gasteiger partial charge in [-0.25, -0.2) is 0 Å². The first-order valence-corrected chi connectivity index (χ1v) is 8.51. The molecule has 0 aliphatic rings. The molecule has 0 aliphatic heterocycles. The third-order valence-corrected chi connectivity index (χ3v) is 5.01. The fourth-order valence-electron chi connectivity index (χ4n) is 1.94. The van der Waals surface area contributed by atoms with Gasteiger partial charge in [0.2, 0.25) is 0 Å². The fraction of sp³-hybridized carbons (Fsp3) is 0.529. The van der Waals surface area contributed by atoms with Crippen LogP contribution in [0.25, 0.3) is 0 Å². The Morgan fingerprint density at radius 3 is 2.41 bits per heavy atom. The molecule has 1 rings (SSSR count). The number of aliphatic carboxylic acids is 1. The molecule has 0 saturated carbocycles. The molecule has 0 bridgehead atoms. The lowest BCUT2D eigenvalue weighted by Gasteiger charge is -2.24. The number of nitrogens with one attached hydrogen (secondary N) is 1. The summed E-state index contributed by atoms with van der Waals surface area (Å²) in [7, 11) is 0. The molecule has 1 aromatic rings. The predicted octanol–water partition coefficient (Wildman–Crippen LogP) is 3.34. The Bertz CT molecular complexity index is 464. The van der Waals surface area contributed by atoms with Crippen molar-refractivity contribution < 1.29 is 14.7 Å². The van der Waals surface area contributed by atoms with Crippen LogP contribution in [-0.4, -0.2) is 29.2 Å². The summed E-state index contributed by atoms with van der Waals surface area (Å²) < 4.78 is 0. The minimum Gasteiger partial charge on any atom is -0.481 e. The molecule has 0 heterocycles. The third kappa shape index (κ3) is 6.20. The van der Waals surface area contributed by atoms with Crippen molar-refractivity contribution in [3.8, 4) is 0 Å². The molecule has 0 radical (unpaired) electrons. The highest BCUT2D eigenvalue weighted by molar-refractivity contribution is 8.00. The Morgan fingerprint density at radius 1 is 1.27 bits per heavy atom. The predicted molar refractivity (Wildman–Crippen MR) is 90.9 cm³/mol. The Balaban J connectivity index is 2.80. The van der Waals surface area contributed by atoms with Crippen LogP contribution in [0.15, 0.2) is 30.3 Å². The van der Waals surface area contributed by atoms with E-state index in [0.29, 0.717) is 5.92 Å². The summed E-state index contributed by atoms with van der Waals surface area (Å²) in [6.07, 6.45) is 1.77. The van der Waals surface area contributed by atoms with Gasteiger partial charge in [-0.15, -0.1) is 11.8 Å². The van der Waals surface area contributed by atoms with Crippen LogP contribution in [0.1, 0.15) is 38.1 Å². The van der Waals surface area contributed by atoms with Crippen molar-refractivity contribution in [1.82, 2.24) is 5.32 Å². The minimum atomic E-state index is -0.946. The summed E-state index contributed by atoms with van der Waals surface area (Å²) in [5, 5.41) is 11.9. The van der Waals surface area contributed by atoms with Gasteiger partial charge in [0.15, 0.2) is 0 Å². The highest BCUT2D eigenvalue weighted by Gasteiger charge is 2.27. The van der Waals surface area contributed by atoms with E-state index in [2.05, 4.69) is 19.2 Å². The van der Waals surface area contributed by atoms with E-state index in [4.69, 9.17) is 5.11 Å². The van der Waals surface area contributed by atoms with Crippen LogP contribution < -0.4 is 5.32 Å². The second kappa shape index (κ2) is 9.64. The van der Waals surface area contributed by atoms with Gasteiger partial charge in [0.1, 0.15) is 6.29 Å². The molecule has 22 heavy (non-hydrogen) atoms. The third-order valence-electron chi connectivity index (χ3n) is 3.46. The Kier molecular flexibility index (Phi) is 8.20. The standard InChI is InChI=1S/C17H25NO3S/c1-12(2)9-10-18-16(14-7-5-4-6-8-14)22-15(11-19)13(3)17(20)21/h4-8,11-13,15-16,18H,9-10H2,1-3H3,(H,20,21). The van der Waals surface area contributed by atoms with Crippen molar-refractivity contribution in [2.75, 3.05) is 6.54 Å². The van der Waals surface area contributed by atoms with Crippen LogP contribution in [0, 0.1) is 11.8 Å². The number of carboxylic acid groups (broad SMARTS) is 1. The Morgan fingerprint density at radius 2 is 1.91 bits per heavy atom. The lowest BCUT2D eigenvalue weighted by molar-refractivity contribution is -0.141. The first-order chi connectivity index (χ1) is 10.5. The zero-order valence-corrected chi connectivity index (χ0v) is 14.2. The molecule has 1 aromatic carbocycles. The smallest absolute Gasteiger partial charge is 0.307 e. The van der Waals surface area contributed by atoms with Crippen molar-refractivity contribution in [3.05, 3.63) is 35.9 Å². The SMILES string of the molecule is CC(C)CCNC(SC(C=O)C(C)C(=O)O)c1ccccc1. The van der Waals surface area contributed by atoms with Gasteiger partial charge in [-0.3, -0.25) is 4.79 Å². The lowest BCUT2D eigenvalue weighted by atomic mass is 10.1. The maximum Gasteiger partial charge on any atom is 0.307 e. The average molecular weight is 323 g/mol. The molecule has 0 aromatic heterocycles. The van der Waals surface area contributed by atoms with Crippen LogP contribution in [0.3, 0.4) is 0 Å². The van der Waals surface area contributed by atoms with Crippen molar-refractivity contribution in [2.24, 2.45) is 11.8 Å². The van der Waals surface area contributed by atoms with Crippen molar-refractivity contribution >= 4 is 24.0 Å². The first kappa shape index (κ1) is 18.7. The van der Waals surface area contributed by atoms with E-state index < -0.39 is 17.1 Å². The number of carboxylic acids is 1. The van der Waals surface area contributed by atoms with Gasteiger partial charge in [-0.2, -0.15) is 0 Å².